The lowest BCUT2D eigenvalue weighted by Gasteiger charge is -1.96. The maximum atomic E-state index is 11.0. The number of hydrogen-bond acceptors (Lipinski definition) is 5. The van der Waals surface area contributed by atoms with Gasteiger partial charge in [-0.25, -0.2) is 4.98 Å². The number of thiophene rings is 1. The normalized spacial score (nSPS) is 10.6. The third kappa shape index (κ3) is 1.08. The van der Waals surface area contributed by atoms with Gasteiger partial charge in [0.25, 0.3) is 5.91 Å². The summed E-state index contributed by atoms with van der Waals surface area (Å²) in [7, 11) is 0. The molecule has 14 heavy (non-hydrogen) atoms. The number of nitrogens with two attached hydrogens (primary N) is 3. The van der Waals surface area contributed by atoms with Crippen LogP contribution in [0.2, 0.25) is 0 Å². The summed E-state index contributed by atoms with van der Waals surface area (Å²) in [5, 5.41) is 0.617. The summed E-state index contributed by atoms with van der Waals surface area (Å²) in [5.41, 5.74) is 17.4. The van der Waals surface area contributed by atoms with Crippen molar-refractivity contribution in [3.05, 3.63) is 17.1 Å². The molecule has 0 fully saturated rings. The SMILES string of the molecule is NC(=O)c1sc2nccc(N)c2c1N. The van der Waals surface area contributed by atoms with E-state index in [2.05, 4.69) is 4.98 Å². The minimum atomic E-state index is -0.551. The standard InChI is InChI=1S/C8H8N4OS/c9-3-1-2-12-8-4(3)5(10)6(14-8)7(11)13/h1-2H,10H2,(H2,9,12)(H2,11,13). The third-order valence-electron chi connectivity index (χ3n) is 1.88. The Hall–Kier alpha value is -1.82. The first kappa shape index (κ1) is 8.76. The Morgan fingerprint density at radius 3 is 2.71 bits per heavy atom. The lowest BCUT2D eigenvalue weighted by molar-refractivity contribution is 0.100. The van der Waals surface area contributed by atoms with Gasteiger partial charge in [0.05, 0.1) is 11.1 Å². The van der Waals surface area contributed by atoms with Crippen LogP contribution in [0.15, 0.2) is 12.3 Å². The number of nitrogens with zero attached hydrogens (tertiary/aromatic N) is 1. The molecule has 6 N–H and O–H groups in total. The number of carbonyl (C=O) groups is 1. The van der Waals surface area contributed by atoms with Gasteiger partial charge in [0.15, 0.2) is 0 Å². The van der Waals surface area contributed by atoms with Crippen LogP contribution in [0.4, 0.5) is 11.4 Å². The number of anilines is 2. The average molecular weight is 208 g/mol. The Balaban J connectivity index is 2.87. The molecule has 0 saturated heterocycles. The van der Waals surface area contributed by atoms with Gasteiger partial charge in [0, 0.05) is 11.9 Å². The van der Waals surface area contributed by atoms with Crippen molar-refractivity contribution in [2.45, 2.75) is 0 Å². The molecule has 0 radical (unpaired) electrons. The summed E-state index contributed by atoms with van der Waals surface area (Å²) in [6, 6.07) is 1.64. The molecule has 0 unspecified atom stereocenters. The Morgan fingerprint density at radius 1 is 1.43 bits per heavy atom. The van der Waals surface area contributed by atoms with Crippen LogP contribution in [-0.4, -0.2) is 10.9 Å². The molecule has 0 bridgehead atoms. The van der Waals surface area contributed by atoms with Crippen molar-refractivity contribution in [2.75, 3.05) is 11.5 Å². The zero-order valence-corrected chi connectivity index (χ0v) is 7.97. The summed E-state index contributed by atoms with van der Waals surface area (Å²) in [4.78, 5) is 16.0. The second kappa shape index (κ2) is 2.85. The Kier molecular flexibility index (Phi) is 1.78. The van der Waals surface area contributed by atoms with E-state index < -0.39 is 5.91 Å². The van der Waals surface area contributed by atoms with Crippen LogP contribution in [-0.2, 0) is 0 Å². The topological polar surface area (TPSA) is 108 Å². The van der Waals surface area contributed by atoms with E-state index in [0.717, 1.165) is 11.3 Å². The van der Waals surface area contributed by atoms with Crippen LogP contribution >= 0.6 is 11.3 Å². The molecule has 72 valence electrons. The number of rotatable bonds is 1. The van der Waals surface area contributed by atoms with Gasteiger partial charge in [-0.1, -0.05) is 0 Å². The first-order valence-corrected chi connectivity index (χ1v) is 4.65. The first-order chi connectivity index (χ1) is 6.61. The molecule has 0 spiro atoms. The highest BCUT2D eigenvalue weighted by atomic mass is 32.1. The van der Waals surface area contributed by atoms with E-state index in [1.807, 2.05) is 0 Å². The van der Waals surface area contributed by atoms with Gasteiger partial charge in [-0.2, -0.15) is 0 Å². The number of amides is 1. The number of pyridine rings is 1. The Morgan fingerprint density at radius 2 is 2.14 bits per heavy atom. The average Bonchev–Trinajstić information content (AvgIpc) is 2.45. The fraction of sp³-hybridized carbons (Fsp3) is 0. The van der Waals surface area contributed by atoms with Gasteiger partial charge < -0.3 is 17.2 Å². The highest BCUT2D eigenvalue weighted by molar-refractivity contribution is 7.21. The zero-order chi connectivity index (χ0) is 10.3. The van der Waals surface area contributed by atoms with E-state index in [9.17, 15) is 4.79 Å². The van der Waals surface area contributed by atoms with Gasteiger partial charge in [-0.15, -0.1) is 11.3 Å². The molecule has 6 heteroatoms. The van der Waals surface area contributed by atoms with E-state index >= 15 is 0 Å². The molecular weight excluding hydrogens is 200 g/mol. The largest absolute Gasteiger partial charge is 0.398 e. The van der Waals surface area contributed by atoms with Crippen LogP contribution in [0.3, 0.4) is 0 Å². The fourth-order valence-corrected chi connectivity index (χ4v) is 2.20. The highest BCUT2D eigenvalue weighted by Crippen LogP contribution is 2.35. The molecule has 2 heterocycles. The number of carbonyl (C=O) groups excluding carboxylic acids is 1. The third-order valence-corrected chi connectivity index (χ3v) is 3.01. The molecule has 2 rings (SSSR count). The van der Waals surface area contributed by atoms with Crippen molar-refractivity contribution in [1.82, 2.24) is 4.98 Å². The van der Waals surface area contributed by atoms with Crippen molar-refractivity contribution >= 4 is 38.8 Å². The highest BCUT2D eigenvalue weighted by Gasteiger charge is 2.15. The van der Waals surface area contributed by atoms with Crippen molar-refractivity contribution in [3.63, 3.8) is 0 Å². The van der Waals surface area contributed by atoms with E-state index in [0.29, 0.717) is 26.5 Å². The number of primary amides is 1. The maximum absolute atomic E-state index is 11.0. The number of nitrogen functional groups attached to an aromatic ring is 2. The summed E-state index contributed by atoms with van der Waals surface area (Å²) >= 11 is 1.16. The van der Waals surface area contributed by atoms with Gasteiger partial charge in [-0.3, -0.25) is 4.79 Å². The minimum absolute atomic E-state index is 0.311. The fourth-order valence-electron chi connectivity index (χ4n) is 1.25. The molecule has 0 aromatic carbocycles. The molecule has 1 amide bonds. The lowest BCUT2D eigenvalue weighted by Crippen LogP contribution is -2.10. The number of hydrogen-bond donors (Lipinski definition) is 3. The molecule has 0 saturated carbocycles. The predicted molar refractivity (Wildman–Crippen MR) is 57.0 cm³/mol. The van der Waals surface area contributed by atoms with Crippen LogP contribution in [0.1, 0.15) is 9.67 Å². The summed E-state index contributed by atoms with van der Waals surface area (Å²) in [6.07, 6.45) is 1.57. The second-order valence-corrected chi connectivity index (χ2v) is 3.79. The molecule has 0 atom stereocenters. The maximum Gasteiger partial charge on any atom is 0.260 e. The van der Waals surface area contributed by atoms with Crippen LogP contribution < -0.4 is 17.2 Å². The van der Waals surface area contributed by atoms with Gasteiger partial charge in [-0.05, 0) is 6.07 Å². The zero-order valence-electron chi connectivity index (χ0n) is 7.15. The molecule has 2 aromatic rings. The summed E-state index contributed by atoms with van der Waals surface area (Å²) in [5.74, 6) is -0.551. The van der Waals surface area contributed by atoms with Crippen molar-refractivity contribution in [1.29, 1.82) is 0 Å². The van der Waals surface area contributed by atoms with Crippen molar-refractivity contribution in [2.24, 2.45) is 5.73 Å². The lowest BCUT2D eigenvalue weighted by atomic mass is 10.2. The van der Waals surface area contributed by atoms with Crippen LogP contribution in [0, 0.1) is 0 Å². The first-order valence-electron chi connectivity index (χ1n) is 3.83. The summed E-state index contributed by atoms with van der Waals surface area (Å²) < 4.78 is 0. The van der Waals surface area contributed by atoms with E-state index in [1.165, 1.54) is 0 Å². The molecule has 2 aromatic heterocycles. The smallest absolute Gasteiger partial charge is 0.260 e. The van der Waals surface area contributed by atoms with Gasteiger partial charge in [0.2, 0.25) is 0 Å². The summed E-state index contributed by atoms with van der Waals surface area (Å²) in [6.45, 7) is 0. The van der Waals surface area contributed by atoms with E-state index in [1.54, 1.807) is 12.3 Å². The molecular formula is C8H8N4OS. The van der Waals surface area contributed by atoms with Crippen molar-refractivity contribution in [3.8, 4) is 0 Å². The van der Waals surface area contributed by atoms with E-state index in [4.69, 9.17) is 17.2 Å². The second-order valence-electron chi connectivity index (χ2n) is 2.79. The molecule has 0 aliphatic heterocycles. The van der Waals surface area contributed by atoms with Crippen molar-refractivity contribution < 1.29 is 4.79 Å². The molecule has 0 aliphatic rings. The quantitative estimate of drug-likeness (QED) is 0.636. The van der Waals surface area contributed by atoms with E-state index in [-0.39, 0.29) is 0 Å². The van der Waals surface area contributed by atoms with Gasteiger partial charge in [0.1, 0.15) is 9.71 Å². The number of fused-ring (bicyclic) bond motifs is 1. The predicted octanol–water partition coefficient (Wildman–Crippen LogP) is 0.560. The Bertz CT molecular complexity index is 519. The number of aromatic nitrogens is 1. The van der Waals surface area contributed by atoms with Crippen LogP contribution in [0.5, 0.6) is 0 Å². The van der Waals surface area contributed by atoms with Gasteiger partial charge >= 0.3 is 0 Å². The molecule has 0 aliphatic carbocycles. The van der Waals surface area contributed by atoms with Crippen LogP contribution in [0.25, 0.3) is 10.2 Å². The monoisotopic (exact) mass is 208 g/mol. The Labute approximate surface area is 83.5 Å². The minimum Gasteiger partial charge on any atom is -0.398 e. The molecule has 5 nitrogen and oxygen atoms in total.